The molecule has 17 heavy (non-hydrogen) atoms. The fourth-order valence-electron chi connectivity index (χ4n) is 2.29. The molecule has 2 atom stereocenters. The SMILES string of the molecule is CC(C)CN(CC(N)=O)C(=O)C1CCNC1C. The van der Waals surface area contributed by atoms with Gasteiger partial charge in [-0.05, 0) is 25.8 Å². The van der Waals surface area contributed by atoms with Crippen molar-refractivity contribution in [2.24, 2.45) is 17.6 Å². The van der Waals surface area contributed by atoms with Crippen LogP contribution in [0.1, 0.15) is 27.2 Å². The van der Waals surface area contributed by atoms with Crippen molar-refractivity contribution in [1.82, 2.24) is 10.2 Å². The van der Waals surface area contributed by atoms with E-state index in [4.69, 9.17) is 5.73 Å². The number of nitrogens with zero attached hydrogens (tertiary/aromatic N) is 1. The van der Waals surface area contributed by atoms with Crippen LogP contribution in [0.3, 0.4) is 0 Å². The molecule has 1 heterocycles. The van der Waals surface area contributed by atoms with Gasteiger partial charge in [0.15, 0.2) is 0 Å². The topological polar surface area (TPSA) is 75.4 Å². The number of hydrogen-bond donors (Lipinski definition) is 2. The van der Waals surface area contributed by atoms with Gasteiger partial charge in [0.25, 0.3) is 0 Å². The zero-order valence-corrected chi connectivity index (χ0v) is 10.9. The standard InChI is InChI=1S/C12H23N3O2/c1-8(2)6-15(7-11(13)16)12(17)10-4-5-14-9(10)3/h8-10,14H,4-7H2,1-3H3,(H2,13,16). The van der Waals surface area contributed by atoms with E-state index >= 15 is 0 Å². The molecule has 0 aromatic heterocycles. The highest BCUT2D eigenvalue weighted by atomic mass is 16.2. The largest absolute Gasteiger partial charge is 0.368 e. The second-order valence-electron chi connectivity index (χ2n) is 5.22. The molecule has 1 aliphatic heterocycles. The van der Waals surface area contributed by atoms with Crippen molar-refractivity contribution >= 4 is 11.8 Å². The Kier molecular flexibility index (Phi) is 4.93. The summed E-state index contributed by atoms with van der Waals surface area (Å²) in [5.41, 5.74) is 5.19. The third-order valence-corrected chi connectivity index (χ3v) is 3.09. The molecule has 0 aromatic rings. The van der Waals surface area contributed by atoms with Gasteiger partial charge in [-0.15, -0.1) is 0 Å². The Balaban J connectivity index is 2.67. The summed E-state index contributed by atoms with van der Waals surface area (Å²) in [4.78, 5) is 24.9. The molecule has 0 aliphatic carbocycles. The summed E-state index contributed by atoms with van der Waals surface area (Å²) in [5.74, 6) is -0.0799. The molecular weight excluding hydrogens is 218 g/mol. The maximum absolute atomic E-state index is 12.3. The minimum absolute atomic E-state index is 0.0203. The van der Waals surface area contributed by atoms with Crippen LogP contribution in [0.4, 0.5) is 0 Å². The fraction of sp³-hybridized carbons (Fsp3) is 0.833. The Morgan fingerprint density at radius 2 is 2.12 bits per heavy atom. The first-order chi connectivity index (χ1) is 7.91. The number of primary amides is 1. The molecule has 5 nitrogen and oxygen atoms in total. The van der Waals surface area contributed by atoms with E-state index in [0.717, 1.165) is 13.0 Å². The van der Waals surface area contributed by atoms with Gasteiger partial charge in [-0.2, -0.15) is 0 Å². The summed E-state index contributed by atoms with van der Waals surface area (Å²) in [5, 5.41) is 3.25. The summed E-state index contributed by atoms with van der Waals surface area (Å²) < 4.78 is 0. The lowest BCUT2D eigenvalue weighted by atomic mass is 9.99. The maximum atomic E-state index is 12.3. The highest BCUT2D eigenvalue weighted by Crippen LogP contribution is 2.18. The summed E-state index contributed by atoms with van der Waals surface area (Å²) in [6, 6.07) is 0.185. The normalized spacial score (nSPS) is 24.0. The summed E-state index contributed by atoms with van der Waals surface area (Å²) >= 11 is 0. The van der Waals surface area contributed by atoms with Crippen LogP contribution < -0.4 is 11.1 Å². The molecule has 98 valence electrons. The van der Waals surface area contributed by atoms with E-state index in [1.54, 1.807) is 4.90 Å². The molecule has 1 fully saturated rings. The molecule has 0 spiro atoms. The molecular formula is C12H23N3O2. The summed E-state index contributed by atoms with van der Waals surface area (Å²) in [7, 11) is 0. The average molecular weight is 241 g/mol. The van der Waals surface area contributed by atoms with Crippen LogP contribution in [0, 0.1) is 11.8 Å². The molecule has 1 saturated heterocycles. The predicted octanol–water partition coefficient (Wildman–Crippen LogP) is -0.0457. The lowest BCUT2D eigenvalue weighted by Gasteiger charge is -2.27. The minimum atomic E-state index is -0.447. The summed E-state index contributed by atoms with van der Waals surface area (Å²) in [6.07, 6.45) is 0.841. The van der Waals surface area contributed by atoms with Gasteiger partial charge in [0.1, 0.15) is 0 Å². The monoisotopic (exact) mass is 241 g/mol. The van der Waals surface area contributed by atoms with E-state index in [-0.39, 0.29) is 24.4 Å². The molecule has 1 aliphatic rings. The van der Waals surface area contributed by atoms with Gasteiger partial charge in [-0.1, -0.05) is 13.8 Å². The van der Waals surface area contributed by atoms with Crippen LogP contribution in [-0.4, -0.2) is 42.4 Å². The van der Waals surface area contributed by atoms with E-state index < -0.39 is 5.91 Å². The van der Waals surface area contributed by atoms with Crippen molar-refractivity contribution in [3.05, 3.63) is 0 Å². The zero-order chi connectivity index (χ0) is 13.0. The van der Waals surface area contributed by atoms with Crippen LogP contribution in [0.15, 0.2) is 0 Å². The van der Waals surface area contributed by atoms with Crippen molar-refractivity contribution in [2.75, 3.05) is 19.6 Å². The van der Waals surface area contributed by atoms with Gasteiger partial charge in [0.2, 0.25) is 11.8 Å². The number of rotatable bonds is 5. The summed E-state index contributed by atoms with van der Waals surface area (Å²) in [6.45, 7) is 7.54. The molecule has 0 radical (unpaired) electrons. The third-order valence-electron chi connectivity index (χ3n) is 3.09. The smallest absolute Gasteiger partial charge is 0.237 e. The minimum Gasteiger partial charge on any atom is -0.368 e. The maximum Gasteiger partial charge on any atom is 0.237 e. The Labute approximate surface area is 103 Å². The van der Waals surface area contributed by atoms with Gasteiger partial charge in [0.05, 0.1) is 12.5 Å². The lowest BCUT2D eigenvalue weighted by Crippen LogP contribution is -2.45. The first kappa shape index (κ1) is 14.0. The Hall–Kier alpha value is -1.10. The number of carbonyl (C=O) groups excluding carboxylic acids is 2. The van der Waals surface area contributed by atoms with Crippen molar-refractivity contribution < 1.29 is 9.59 Å². The molecule has 2 unspecified atom stereocenters. The quantitative estimate of drug-likeness (QED) is 0.709. The van der Waals surface area contributed by atoms with Gasteiger partial charge in [-0.25, -0.2) is 0 Å². The number of nitrogens with two attached hydrogens (primary N) is 1. The average Bonchev–Trinajstić information content (AvgIpc) is 2.61. The van der Waals surface area contributed by atoms with Crippen LogP contribution in [0.25, 0.3) is 0 Å². The van der Waals surface area contributed by atoms with E-state index in [1.165, 1.54) is 0 Å². The molecule has 0 bridgehead atoms. The van der Waals surface area contributed by atoms with Crippen molar-refractivity contribution in [3.63, 3.8) is 0 Å². The number of amides is 2. The van der Waals surface area contributed by atoms with Gasteiger partial charge in [-0.3, -0.25) is 9.59 Å². The molecule has 3 N–H and O–H groups in total. The van der Waals surface area contributed by atoms with Crippen LogP contribution in [-0.2, 0) is 9.59 Å². The Bertz CT molecular complexity index is 291. The lowest BCUT2D eigenvalue weighted by molar-refractivity contribution is -0.139. The fourth-order valence-corrected chi connectivity index (χ4v) is 2.29. The molecule has 0 saturated carbocycles. The Morgan fingerprint density at radius 3 is 2.53 bits per heavy atom. The van der Waals surface area contributed by atoms with Gasteiger partial charge in [0, 0.05) is 12.6 Å². The second kappa shape index (κ2) is 6.00. The highest BCUT2D eigenvalue weighted by Gasteiger charge is 2.33. The van der Waals surface area contributed by atoms with Crippen LogP contribution in [0.2, 0.25) is 0 Å². The first-order valence-electron chi connectivity index (χ1n) is 6.22. The molecule has 2 amide bonds. The van der Waals surface area contributed by atoms with E-state index in [1.807, 2.05) is 20.8 Å². The predicted molar refractivity (Wildman–Crippen MR) is 66.2 cm³/mol. The van der Waals surface area contributed by atoms with Crippen molar-refractivity contribution in [3.8, 4) is 0 Å². The van der Waals surface area contributed by atoms with Gasteiger partial charge >= 0.3 is 0 Å². The Morgan fingerprint density at radius 1 is 1.47 bits per heavy atom. The van der Waals surface area contributed by atoms with E-state index in [0.29, 0.717) is 12.5 Å². The molecule has 5 heteroatoms. The van der Waals surface area contributed by atoms with Crippen molar-refractivity contribution in [2.45, 2.75) is 33.2 Å². The second-order valence-corrected chi connectivity index (χ2v) is 5.22. The molecule has 0 aromatic carbocycles. The van der Waals surface area contributed by atoms with E-state index in [9.17, 15) is 9.59 Å². The zero-order valence-electron chi connectivity index (χ0n) is 10.9. The number of nitrogens with one attached hydrogen (secondary N) is 1. The van der Waals surface area contributed by atoms with Crippen LogP contribution >= 0.6 is 0 Å². The van der Waals surface area contributed by atoms with Crippen molar-refractivity contribution in [1.29, 1.82) is 0 Å². The highest BCUT2D eigenvalue weighted by molar-refractivity contribution is 5.85. The van der Waals surface area contributed by atoms with Gasteiger partial charge < -0.3 is 16.0 Å². The molecule has 1 rings (SSSR count). The van der Waals surface area contributed by atoms with E-state index in [2.05, 4.69) is 5.32 Å². The number of carbonyl (C=O) groups is 2. The number of hydrogen-bond acceptors (Lipinski definition) is 3. The van der Waals surface area contributed by atoms with Crippen LogP contribution in [0.5, 0.6) is 0 Å². The third kappa shape index (κ3) is 4.00. The first-order valence-corrected chi connectivity index (χ1v) is 6.22.